The Kier molecular flexibility index (Phi) is 8.35. The van der Waals surface area contributed by atoms with Gasteiger partial charge in [-0.2, -0.15) is 0 Å². The Balaban J connectivity index is 1.49. The standard InChI is InChI=1S/C26H32FNO3/c1-2-31-25(30)26(15-14-21-7-4-3-5-8-21)16-19-28(20-17-26)18-6-9-24(29)22-10-12-23(27)13-11-22/h3-5,7-8,10-13H,2,6,9,14-20H2,1H3. The van der Waals surface area contributed by atoms with Crippen molar-refractivity contribution < 1.29 is 18.7 Å². The summed E-state index contributed by atoms with van der Waals surface area (Å²) in [4.78, 5) is 27.4. The highest BCUT2D eigenvalue weighted by Gasteiger charge is 2.42. The van der Waals surface area contributed by atoms with Gasteiger partial charge in [-0.25, -0.2) is 4.39 Å². The van der Waals surface area contributed by atoms with Crippen LogP contribution in [-0.2, 0) is 16.0 Å². The minimum absolute atomic E-state index is 0.0424. The third kappa shape index (κ3) is 6.47. The van der Waals surface area contributed by atoms with Crippen molar-refractivity contribution >= 4 is 11.8 Å². The summed E-state index contributed by atoms with van der Waals surface area (Å²) in [5.41, 5.74) is 1.38. The van der Waals surface area contributed by atoms with Gasteiger partial charge >= 0.3 is 5.97 Å². The fourth-order valence-electron chi connectivity index (χ4n) is 4.32. The van der Waals surface area contributed by atoms with E-state index >= 15 is 0 Å². The molecule has 0 bridgehead atoms. The van der Waals surface area contributed by atoms with Gasteiger partial charge in [0, 0.05) is 12.0 Å². The Bertz CT molecular complexity index is 843. The SMILES string of the molecule is CCOC(=O)C1(CCc2ccccc2)CCN(CCCC(=O)c2ccc(F)cc2)CC1. The summed E-state index contributed by atoms with van der Waals surface area (Å²) in [5.74, 6) is -0.361. The van der Waals surface area contributed by atoms with Crippen LogP contribution in [0.25, 0.3) is 0 Å². The minimum atomic E-state index is -0.424. The van der Waals surface area contributed by atoms with Gasteiger partial charge in [0.1, 0.15) is 5.82 Å². The molecule has 5 heteroatoms. The van der Waals surface area contributed by atoms with E-state index in [1.165, 1.54) is 17.7 Å². The zero-order valence-electron chi connectivity index (χ0n) is 18.3. The number of ketones is 1. The Morgan fingerprint density at radius 2 is 1.71 bits per heavy atom. The Hall–Kier alpha value is -2.53. The van der Waals surface area contributed by atoms with E-state index in [1.54, 1.807) is 12.1 Å². The summed E-state index contributed by atoms with van der Waals surface area (Å²) in [6, 6.07) is 16.0. The molecular weight excluding hydrogens is 393 g/mol. The number of hydrogen-bond donors (Lipinski definition) is 0. The number of nitrogens with zero attached hydrogens (tertiary/aromatic N) is 1. The maximum Gasteiger partial charge on any atom is 0.312 e. The summed E-state index contributed by atoms with van der Waals surface area (Å²) in [6.45, 7) is 4.75. The second kappa shape index (κ2) is 11.2. The zero-order chi connectivity index (χ0) is 22.1. The lowest BCUT2D eigenvalue weighted by molar-refractivity contribution is -0.159. The van der Waals surface area contributed by atoms with Crippen molar-refractivity contribution in [3.8, 4) is 0 Å². The minimum Gasteiger partial charge on any atom is -0.466 e. The molecule has 31 heavy (non-hydrogen) atoms. The molecule has 0 aromatic heterocycles. The van der Waals surface area contributed by atoms with E-state index in [0.717, 1.165) is 51.7 Å². The number of carbonyl (C=O) groups is 2. The van der Waals surface area contributed by atoms with Gasteiger partial charge in [-0.1, -0.05) is 30.3 Å². The molecule has 0 radical (unpaired) electrons. The fraction of sp³-hybridized carbons (Fsp3) is 0.462. The van der Waals surface area contributed by atoms with Gasteiger partial charge in [0.05, 0.1) is 12.0 Å². The Labute approximate surface area is 184 Å². The third-order valence-corrected chi connectivity index (χ3v) is 6.30. The van der Waals surface area contributed by atoms with E-state index in [-0.39, 0.29) is 17.6 Å². The molecule has 4 nitrogen and oxygen atoms in total. The topological polar surface area (TPSA) is 46.6 Å². The van der Waals surface area contributed by atoms with Crippen molar-refractivity contribution in [3.05, 3.63) is 71.5 Å². The van der Waals surface area contributed by atoms with Crippen LogP contribution in [0.15, 0.2) is 54.6 Å². The number of likely N-dealkylation sites (tertiary alicyclic amines) is 1. The molecule has 2 aromatic rings. The highest BCUT2D eigenvalue weighted by Crippen LogP contribution is 2.37. The first kappa shape index (κ1) is 23.1. The molecule has 166 valence electrons. The third-order valence-electron chi connectivity index (χ3n) is 6.30. The second-order valence-corrected chi connectivity index (χ2v) is 8.36. The van der Waals surface area contributed by atoms with Crippen molar-refractivity contribution in [2.75, 3.05) is 26.2 Å². The highest BCUT2D eigenvalue weighted by molar-refractivity contribution is 5.95. The van der Waals surface area contributed by atoms with Crippen LogP contribution in [0, 0.1) is 11.2 Å². The van der Waals surface area contributed by atoms with Crippen molar-refractivity contribution in [2.24, 2.45) is 5.41 Å². The van der Waals surface area contributed by atoms with E-state index in [9.17, 15) is 14.0 Å². The van der Waals surface area contributed by atoms with Crippen LogP contribution in [0.3, 0.4) is 0 Å². The molecular formula is C26H32FNO3. The van der Waals surface area contributed by atoms with Crippen LogP contribution in [0.2, 0.25) is 0 Å². The van der Waals surface area contributed by atoms with Crippen molar-refractivity contribution in [2.45, 2.75) is 45.4 Å². The summed E-state index contributed by atoms with van der Waals surface area (Å²) in [7, 11) is 0. The van der Waals surface area contributed by atoms with E-state index in [0.29, 0.717) is 18.6 Å². The van der Waals surface area contributed by atoms with Gasteiger partial charge in [-0.15, -0.1) is 0 Å². The Morgan fingerprint density at radius 3 is 2.35 bits per heavy atom. The molecule has 0 amide bonds. The quantitative estimate of drug-likeness (QED) is 0.394. The molecule has 0 N–H and O–H groups in total. The summed E-state index contributed by atoms with van der Waals surface area (Å²) >= 11 is 0. The normalized spacial score (nSPS) is 16.1. The van der Waals surface area contributed by atoms with Gasteiger partial charge < -0.3 is 9.64 Å². The maximum absolute atomic E-state index is 13.0. The van der Waals surface area contributed by atoms with E-state index in [2.05, 4.69) is 17.0 Å². The van der Waals surface area contributed by atoms with Crippen LogP contribution >= 0.6 is 0 Å². The van der Waals surface area contributed by atoms with Crippen molar-refractivity contribution in [1.82, 2.24) is 4.90 Å². The van der Waals surface area contributed by atoms with Crippen LogP contribution in [0.1, 0.15) is 54.9 Å². The number of ether oxygens (including phenoxy) is 1. The number of Topliss-reactive ketones (excluding diaryl/α,β-unsaturated/α-hetero) is 1. The summed E-state index contributed by atoms with van der Waals surface area (Å²) < 4.78 is 18.5. The van der Waals surface area contributed by atoms with E-state index in [1.807, 2.05) is 25.1 Å². The average molecular weight is 426 g/mol. The molecule has 1 aliphatic heterocycles. The molecule has 0 spiro atoms. The molecule has 0 aliphatic carbocycles. The largest absolute Gasteiger partial charge is 0.466 e. The number of piperidine rings is 1. The molecule has 2 aromatic carbocycles. The van der Waals surface area contributed by atoms with Gasteiger partial charge in [0.25, 0.3) is 0 Å². The zero-order valence-corrected chi connectivity index (χ0v) is 18.3. The first-order valence-corrected chi connectivity index (χ1v) is 11.2. The first-order chi connectivity index (χ1) is 15.0. The number of carbonyl (C=O) groups excluding carboxylic acids is 2. The van der Waals surface area contributed by atoms with Crippen molar-refractivity contribution in [1.29, 1.82) is 0 Å². The molecule has 0 saturated carbocycles. The monoisotopic (exact) mass is 425 g/mol. The van der Waals surface area contributed by atoms with Gasteiger partial charge in [-0.3, -0.25) is 9.59 Å². The van der Waals surface area contributed by atoms with Gasteiger partial charge in [-0.05, 0) is 88.5 Å². The molecule has 3 rings (SSSR count). The fourth-order valence-corrected chi connectivity index (χ4v) is 4.32. The van der Waals surface area contributed by atoms with Crippen molar-refractivity contribution in [3.63, 3.8) is 0 Å². The number of rotatable bonds is 10. The van der Waals surface area contributed by atoms with E-state index in [4.69, 9.17) is 4.74 Å². The lowest BCUT2D eigenvalue weighted by atomic mass is 9.74. The lowest BCUT2D eigenvalue weighted by Gasteiger charge is -2.40. The molecule has 1 aliphatic rings. The van der Waals surface area contributed by atoms with Crippen LogP contribution in [0.5, 0.6) is 0 Å². The molecule has 0 atom stereocenters. The smallest absolute Gasteiger partial charge is 0.312 e. The molecule has 0 unspecified atom stereocenters. The highest BCUT2D eigenvalue weighted by atomic mass is 19.1. The predicted molar refractivity (Wildman–Crippen MR) is 119 cm³/mol. The lowest BCUT2D eigenvalue weighted by Crippen LogP contribution is -2.45. The van der Waals surface area contributed by atoms with Gasteiger partial charge in [0.2, 0.25) is 0 Å². The predicted octanol–water partition coefficient (Wildman–Crippen LogP) is 5.07. The van der Waals surface area contributed by atoms with Crippen LogP contribution in [-0.4, -0.2) is 42.9 Å². The number of esters is 1. The average Bonchev–Trinajstić information content (AvgIpc) is 2.80. The van der Waals surface area contributed by atoms with Crippen LogP contribution in [0.4, 0.5) is 4.39 Å². The first-order valence-electron chi connectivity index (χ1n) is 11.2. The molecule has 1 heterocycles. The second-order valence-electron chi connectivity index (χ2n) is 8.36. The molecule has 1 saturated heterocycles. The number of benzene rings is 2. The van der Waals surface area contributed by atoms with E-state index < -0.39 is 5.41 Å². The van der Waals surface area contributed by atoms with Crippen LogP contribution < -0.4 is 0 Å². The summed E-state index contributed by atoms with van der Waals surface area (Å²) in [6.07, 6.45) is 4.43. The summed E-state index contributed by atoms with van der Waals surface area (Å²) in [5, 5.41) is 0. The number of aryl methyl sites for hydroxylation is 1. The maximum atomic E-state index is 13.0. The number of halogens is 1. The number of hydrogen-bond acceptors (Lipinski definition) is 4. The molecule has 1 fully saturated rings. The Morgan fingerprint density at radius 1 is 1.03 bits per heavy atom. The van der Waals surface area contributed by atoms with Gasteiger partial charge in [0.15, 0.2) is 5.78 Å².